The number of morpholine rings is 1. The van der Waals surface area contributed by atoms with Crippen molar-refractivity contribution in [1.82, 2.24) is 4.31 Å². The van der Waals surface area contributed by atoms with Crippen molar-refractivity contribution in [2.75, 3.05) is 38.2 Å². The molecule has 31 heavy (non-hydrogen) atoms. The third kappa shape index (κ3) is 4.77. The molecule has 0 saturated carbocycles. The van der Waals surface area contributed by atoms with Gasteiger partial charge in [0.2, 0.25) is 10.0 Å². The van der Waals surface area contributed by atoms with E-state index in [9.17, 15) is 23.3 Å². The minimum absolute atomic E-state index is 0.0835. The fourth-order valence-electron chi connectivity index (χ4n) is 3.02. The van der Waals surface area contributed by atoms with Crippen LogP contribution in [0, 0.1) is 18.3 Å². The maximum absolute atomic E-state index is 12.7. The lowest BCUT2D eigenvalue weighted by atomic mass is 10.1. The zero-order valence-electron chi connectivity index (χ0n) is 17.0. The number of ether oxygens (including phenoxy) is 2. The molecule has 1 amide bonds. The monoisotopic (exact) mass is 463 g/mol. The molecular weight excluding hydrogens is 442 g/mol. The summed E-state index contributed by atoms with van der Waals surface area (Å²) in [7, 11) is -3.66. The molecule has 0 atom stereocenters. The summed E-state index contributed by atoms with van der Waals surface area (Å²) in [6, 6.07) is 7.54. The summed E-state index contributed by atoms with van der Waals surface area (Å²) in [6.07, 6.45) is 0. The minimum atomic E-state index is -3.66. The minimum Gasteiger partial charge on any atom is -0.462 e. The van der Waals surface area contributed by atoms with Crippen molar-refractivity contribution in [3.05, 3.63) is 45.8 Å². The number of thiophene rings is 1. The first-order valence-corrected chi connectivity index (χ1v) is 11.7. The van der Waals surface area contributed by atoms with Gasteiger partial charge in [0.05, 0.1) is 30.3 Å². The fraction of sp³-hybridized carbons (Fsp3) is 0.350. The van der Waals surface area contributed by atoms with E-state index in [1.807, 2.05) is 6.07 Å². The van der Waals surface area contributed by atoms with Gasteiger partial charge in [-0.15, -0.1) is 11.3 Å². The molecule has 1 N–H and O–H groups in total. The van der Waals surface area contributed by atoms with E-state index in [2.05, 4.69) is 5.32 Å². The number of nitrogens with one attached hydrogen (secondary N) is 1. The second kappa shape index (κ2) is 9.57. The highest BCUT2D eigenvalue weighted by Gasteiger charge is 2.27. The van der Waals surface area contributed by atoms with Crippen molar-refractivity contribution in [1.29, 1.82) is 5.26 Å². The Labute approximate surface area is 184 Å². The summed E-state index contributed by atoms with van der Waals surface area (Å²) in [4.78, 5) is 25.1. The van der Waals surface area contributed by atoms with Crippen LogP contribution >= 0.6 is 11.3 Å². The lowest BCUT2D eigenvalue weighted by Crippen LogP contribution is -2.40. The van der Waals surface area contributed by atoms with Crippen LogP contribution < -0.4 is 5.32 Å². The highest BCUT2D eigenvalue weighted by molar-refractivity contribution is 7.89. The molecule has 0 spiro atoms. The molecule has 11 heteroatoms. The molecule has 0 radical (unpaired) electrons. The number of nitrogens with zero attached hydrogens (tertiary/aromatic N) is 2. The molecule has 9 nitrogen and oxygen atoms in total. The van der Waals surface area contributed by atoms with Crippen LogP contribution in [0.15, 0.2) is 29.2 Å². The van der Waals surface area contributed by atoms with E-state index in [0.29, 0.717) is 18.8 Å². The number of carbonyl (C=O) groups is 2. The van der Waals surface area contributed by atoms with Crippen molar-refractivity contribution in [3.8, 4) is 6.07 Å². The first-order chi connectivity index (χ1) is 14.8. The predicted octanol–water partition coefficient (Wildman–Crippen LogP) is 2.38. The van der Waals surface area contributed by atoms with Gasteiger partial charge in [-0.1, -0.05) is 0 Å². The largest absolute Gasteiger partial charge is 0.462 e. The number of rotatable bonds is 6. The van der Waals surface area contributed by atoms with Gasteiger partial charge in [0, 0.05) is 18.7 Å². The Kier molecular flexibility index (Phi) is 7.07. The maximum atomic E-state index is 12.7. The van der Waals surface area contributed by atoms with E-state index >= 15 is 0 Å². The van der Waals surface area contributed by atoms with Crippen LogP contribution in [0.25, 0.3) is 0 Å². The predicted molar refractivity (Wildman–Crippen MR) is 114 cm³/mol. The van der Waals surface area contributed by atoms with Gasteiger partial charge in [0.15, 0.2) is 0 Å². The molecule has 2 heterocycles. The Morgan fingerprint density at radius 3 is 2.48 bits per heavy atom. The molecule has 164 valence electrons. The molecule has 1 saturated heterocycles. The van der Waals surface area contributed by atoms with Gasteiger partial charge in [-0.05, 0) is 43.7 Å². The van der Waals surface area contributed by atoms with Crippen molar-refractivity contribution in [3.63, 3.8) is 0 Å². The van der Waals surface area contributed by atoms with Crippen LogP contribution in [0.1, 0.15) is 38.1 Å². The number of benzene rings is 1. The van der Waals surface area contributed by atoms with E-state index in [0.717, 1.165) is 11.3 Å². The van der Waals surface area contributed by atoms with Crippen LogP contribution in [0.3, 0.4) is 0 Å². The van der Waals surface area contributed by atoms with Crippen molar-refractivity contribution >= 4 is 38.2 Å². The number of nitriles is 1. The number of amides is 1. The van der Waals surface area contributed by atoms with Gasteiger partial charge in [-0.25, -0.2) is 13.2 Å². The van der Waals surface area contributed by atoms with Gasteiger partial charge in [-0.2, -0.15) is 9.57 Å². The van der Waals surface area contributed by atoms with Gasteiger partial charge in [0.1, 0.15) is 15.9 Å². The molecule has 0 aliphatic carbocycles. The first kappa shape index (κ1) is 22.9. The number of hydrogen-bond acceptors (Lipinski definition) is 8. The normalized spacial score (nSPS) is 14.6. The van der Waals surface area contributed by atoms with Crippen molar-refractivity contribution in [2.24, 2.45) is 0 Å². The van der Waals surface area contributed by atoms with Gasteiger partial charge in [-0.3, -0.25) is 4.79 Å². The second-order valence-corrected chi connectivity index (χ2v) is 9.55. The Bertz CT molecular complexity index is 1130. The molecule has 1 aromatic carbocycles. The lowest BCUT2D eigenvalue weighted by molar-refractivity contribution is 0.0531. The van der Waals surface area contributed by atoms with Crippen LogP contribution in [-0.4, -0.2) is 57.5 Å². The van der Waals surface area contributed by atoms with E-state index in [1.165, 1.54) is 28.6 Å². The summed E-state index contributed by atoms with van der Waals surface area (Å²) < 4.78 is 36.9. The Balaban J connectivity index is 1.79. The zero-order valence-corrected chi connectivity index (χ0v) is 18.6. The van der Waals surface area contributed by atoms with Crippen LogP contribution in [0.4, 0.5) is 5.00 Å². The number of sulfonamides is 1. The quantitative estimate of drug-likeness (QED) is 0.652. The average molecular weight is 464 g/mol. The Hall–Kier alpha value is -2.78. The van der Waals surface area contributed by atoms with Crippen LogP contribution in [-0.2, 0) is 19.5 Å². The van der Waals surface area contributed by atoms with Gasteiger partial charge in [0.25, 0.3) is 5.91 Å². The third-order valence-corrected chi connectivity index (χ3v) is 7.77. The van der Waals surface area contributed by atoms with Crippen molar-refractivity contribution in [2.45, 2.75) is 18.7 Å². The highest BCUT2D eigenvalue weighted by Crippen LogP contribution is 2.33. The average Bonchev–Trinajstić information content (AvgIpc) is 3.09. The molecule has 1 fully saturated rings. The van der Waals surface area contributed by atoms with Crippen LogP contribution in [0.5, 0.6) is 0 Å². The summed E-state index contributed by atoms with van der Waals surface area (Å²) in [6.45, 7) is 4.73. The molecule has 0 unspecified atom stereocenters. The number of hydrogen-bond donors (Lipinski definition) is 1. The maximum Gasteiger partial charge on any atom is 0.348 e. The molecule has 0 bridgehead atoms. The first-order valence-electron chi connectivity index (χ1n) is 9.49. The number of carbonyl (C=O) groups excluding carboxylic acids is 2. The molecular formula is C20H21N3O6S2. The van der Waals surface area contributed by atoms with Gasteiger partial charge >= 0.3 is 5.97 Å². The van der Waals surface area contributed by atoms with Crippen molar-refractivity contribution < 1.29 is 27.5 Å². The number of anilines is 1. The zero-order chi connectivity index (χ0) is 22.6. The summed E-state index contributed by atoms with van der Waals surface area (Å²) >= 11 is 0.965. The topological polar surface area (TPSA) is 126 Å². The summed E-state index contributed by atoms with van der Waals surface area (Å²) in [5.41, 5.74) is 0.842. The Morgan fingerprint density at radius 1 is 1.26 bits per heavy atom. The second-order valence-electron chi connectivity index (χ2n) is 6.59. The van der Waals surface area contributed by atoms with E-state index in [-0.39, 0.29) is 45.6 Å². The van der Waals surface area contributed by atoms with Crippen LogP contribution in [0.2, 0.25) is 0 Å². The molecule has 3 rings (SSSR count). The lowest BCUT2D eigenvalue weighted by Gasteiger charge is -2.26. The smallest absolute Gasteiger partial charge is 0.348 e. The van der Waals surface area contributed by atoms with E-state index in [1.54, 1.807) is 13.8 Å². The highest BCUT2D eigenvalue weighted by atomic mass is 32.2. The summed E-state index contributed by atoms with van der Waals surface area (Å²) in [5, 5.41) is 12.3. The Morgan fingerprint density at radius 2 is 1.90 bits per heavy atom. The third-order valence-electron chi connectivity index (χ3n) is 4.67. The van der Waals surface area contributed by atoms with Gasteiger partial charge < -0.3 is 14.8 Å². The standard InChI is InChI=1S/C20H21N3O6S2/c1-3-29-20(25)17-13(2)16(12-21)19(30-17)22-18(24)14-4-6-15(7-5-14)31(26,27)23-8-10-28-11-9-23/h4-7H,3,8-11H2,1-2H3,(H,22,24). The van der Waals surface area contributed by atoms with E-state index < -0.39 is 21.9 Å². The molecule has 1 aliphatic heterocycles. The molecule has 1 aliphatic rings. The fourth-order valence-corrected chi connectivity index (χ4v) is 5.47. The molecule has 2 aromatic rings. The molecule has 1 aromatic heterocycles. The summed E-state index contributed by atoms with van der Waals surface area (Å²) in [5.74, 6) is -1.08. The SMILES string of the molecule is CCOC(=O)c1sc(NC(=O)c2ccc(S(=O)(=O)N3CCOCC3)cc2)c(C#N)c1C. The number of esters is 1. The van der Waals surface area contributed by atoms with E-state index in [4.69, 9.17) is 9.47 Å².